The molecule has 1 amide bonds. The molecule has 0 spiro atoms. The van der Waals surface area contributed by atoms with Crippen LogP contribution in [0, 0.1) is 6.92 Å². The fourth-order valence-corrected chi connectivity index (χ4v) is 3.18. The van der Waals surface area contributed by atoms with E-state index in [2.05, 4.69) is 10.3 Å². The maximum Gasteiger partial charge on any atom is 0.306 e. The Balaban J connectivity index is 1.67. The lowest BCUT2D eigenvalue weighted by Crippen LogP contribution is -2.19. The van der Waals surface area contributed by atoms with Crippen LogP contribution in [0.2, 0.25) is 0 Å². The molecule has 1 saturated heterocycles. The van der Waals surface area contributed by atoms with Gasteiger partial charge in [0, 0.05) is 0 Å². The summed E-state index contributed by atoms with van der Waals surface area (Å²) in [6.45, 7) is 2.09. The molecule has 0 saturated carbocycles. The number of nitrogens with one attached hydrogen (secondary N) is 1. The molecule has 2 aromatic rings. The number of rotatable bonds is 6. The number of nitrogens with zero attached hydrogens (tertiary/aromatic N) is 1. The van der Waals surface area contributed by atoms with E-state index in [0.29, 0.717) is 15.8 Å². The normalized spacial score (nSPS) is 16.6. The molecular weight excluding hydrogens is 364 g/mol. The number of aliphatic imine (C=N–C) groups is 1. The minimum Gasteiger partial charge on any atom is -0.493 e. The van der Waals surface area contributed by atoms with Crippen molar-refractivity contribution in [3.8, 4) is 5.75 Å². The van der Waals surface area contributed by atoms with E-state index in [4.69, 9.17) is 9.84 Å². The molecule has 1 heterocycles. The molecule has 7 heteroatoms. The minimum atomic E-state index is -0.899. The number of carboxylic acid groups (broad SMARTS) is 1. The van der Waals surface area contributed by atoms with Crippen molar-refractivity contribution in [3.05, 3.63) is 64.6 Å². The molecule has 27 heavy (non-hydrogen) atoms. The number of carbonyl (C=O) groups excluding carboxylic acids is 1. The third kappa shape index (κ3) is 5.21. The topological polar surface area (TPSA) is 88.0 Å². The van der Waals surface area contributed by atoms with Crippen molar-refractivity contribution in [2.45, 2.75) is 13.3 Å². The lowest BCUT2D eigenvalue weighted by atomic mass is 10.2. The number of thioether (sulfide) groups is 1. The van der Waals surface area contributed by atoms with Crippen LogP contribution < -0.4 is 10.1 Å². The number of aryl methyl sites for hydroxylation is 1. The maximum absolute atomic E-state index is 12.2. The van der Waals surface area contributed by atoms with Gasteiger partial charge in [-0.1, -0.05) is 30.3 Å². The Morgan fingerprint density at radius 3 is 2.67 bits per heavy atom. The second-order valence-electron chi connectivity index (χ2n) is 5.83. The molecule has 0 unspecified atom stereocenters. The molecule has 2 aromatic carbocycles. The van der Waals surface area contributed by atoms with Crippen LogP contribution in [0.3, 0.4) is 0 Å². The van der Waals surface area contributed by atoms with E-state index in [0.717, 1.165) is 16.8 Å². The van der Waals surface area contributed by atoms with Gasteiger partial charge in [0.15, 0.2) is 5.17 Å². The summed E-state index contributed by atoms with van der Waals surface area (Å²) < 4.78 is 5.35. The van der Waals surface area contributed by atoms with Crippen molar-refractivity contribution in [1.82, 2.24) is 5.32 Å². The van der Waals surface area contributed by atoms with Crippen LogP contribution in [0.4, 0.5) is 5.69 Å². The summed E-state index contributed by atoms with van der Waals surface area (Å²) in [5, 5.41) is 11.9. The second-order valence-corrected chi connectivity index (χ2v) is 6.86. The molecule has 3 rings (SSSR count). The van der Waals surface area contributed by atoms with Crippen LogP contribution in [0.25, 0.3) is 6.08 Å². The number of para-hydroxylation sites is 1. The largest absolute Gasteiger partial charge is 0.493 e. The first-order chi connectivity index (χ1) is 13.0. The molecule has 0 radical (unpaired) electrons. The maximum atomic E-state index is 12.2. The zero-order valence-electron chi connectivity index (χ0n) is 14.6. The molecule has 1 aliphatic rings. The Morgan fingerprint density at radius 2 is 1.96 bits per heavy atom. The highest BCUT2D eigenvalue weighted by atomic mass is 32.2. The summed E-state index contributed by atoms with van der Waals surface area (Å²) >= 11 is 1.29. The van der Waals surface area contributed by atoms with E-state index in [9.17, 15) is 9.59 Å². The first kappa shape index (κ1) is 18.7. The summed E-state index contributed by atoms with van der Waals surface area (Å²) in [5.41, 5.74) is 2.70. The van der Waals surface area contributed by atoms with Gasteiger partial charge in [0.05, 0.1) is 23.6 Å². The summed E-state index contributed by atoms with van der Waals surface area (Å²) in [6, 6.07) is 14.8. The van der Waals surface area contributed by atoms with E-state index in [1.165, 1.54) is 11.8 Å². The molecule has 2 N–H and O–H groups in total. The van der Waals surface area contributed by atoms with Crippen molar-refractivity contribution < 1.29 is 19.4 Å². The van der Waals surface area contributed by atoms with E-state index >= 15 is 0 Å². The van der Waals surface area contributed by atoms with Gasteiger partial charge in [0.2, 0.25) is 0 Å². The fourth-order valence-electron chi connectivity index (χ4n) is 2.35. The quantitative estimate of drug-likeness (QED) is 0.743. The predicted octanol–water partition coefficient (Wildman–Crippen LogP) is 3.74. The molecule has 6 nitrogen and oxygen atoms in total. The minimum absolute atomic E-state index is 0.0500. The summed E-state index contributed by atoms with van der Waals surface area (Å²) in [4.78, 5) is 27.7. The molecule has 1 fully saturated rings. The van der Waals surface area contributed by atoms with Gasteiger partial charge < -0.3 is 15.2 Å². The second kappa shape index (κ2) is 8.55. The van der Waals surface area contributed by atoms with Crippen LogP contribution >= 0.6 is 11.8 Å². The highest BCUT2D eigenvalue weighted by molar-refractivity contribution is 8.18. The average molecular weight is 382 g/mol. The molecular formula is C20H18N2O4S. The van der Waals surface area contributed by atoms with Crippen molar-refractivity contribution >= 4 is 40.6 Å². The summed E-state index contributed by atoms with van der Waals surface area (Å²) in [6.07, 6.45) is 1.73. The van der Waals surface area contributed by atoms with Crippen LogP contribution in [-0.2, 0) is 9.59 Å². The van der Waals surface area contributed by atoms with Crippen molar-refractivity contribution in [3.63, 3.8) is 0 Å². The number of hydrogen-bond donors (Lipinski definition) is 2. The van der Waals surface area contributed by atoms with Gasteiger partial charge in [0.25, 0.3) is 5.91 Å². The molecule has 0 atom stereocenters. The van der Waals surface area contributed by atoms with Crippen molar-refractivity contribution in [1.29, 1.82) is 0 Å². The number of carbonyl (C=O) groups is 2. The number of benzene rings is 2. The predicted molar refractivity (Wildman–Crippen MR) is 106 cm³/mol. The Bertz CT molecular complexity index is 920. The Morgan fingerprint density at radius 1 is 1.22 bits per heavy atom. The van der Waals surface area contributed by atoms with Crippen LogP contribution in [0.5, 0.6) is 5.75 Å². The first-order valence-corrected chi connectivity index (χ1v) is 9.13. The van der Waals surface area contributed by atoms with E-state index in [-0.39, 0.29) is 18.9 Å². The van der Waals surface area contributed by atoms with Crippen molar-refractivity contribution in [2.24, 2.45) is 4.99 Å². The zero-order valence-corrected chi connectivity index (χ0v) is 15.5. The van der Waals surface area contributed by atoms with Gasteiger partial charge in [0.1, 0.15) is 5.75 Å². The van der Waals surface area contributed by atoms with Gasteiger partial charge in [-0.15, -0.1) is 0 Å². The molecule has 1 aliphatic heterocycles. The number of aliphatic carboxylic acids is 1. The number of amides is 1. The summed E-state index contributed by atoms with van der Waals surface area (Å²) in [5.74, 6) is -0.498. The summed E-state index contributed by atoms with van der Waals surface area (Å²) in [7, 11) is 0. The van der Waals surface area contributed by atoms with Gasteiger partial charge in [-0.05, 0) is 54.1 Å². The first-order valence-electron chi connectivity index (χ1n) is 8.31. The van der Waals surface area contributed by atoms with Crippen LogP contribution in [-0.4, -0.2) is 28.8 Å². The van der Waals surface area contributed by atoms with E-state index in [1.54, 1.807) is 18.2 Å². The van der Waals surface area contributed by atoms with Gasteiger partial charge >= 0.3 is 5.97 Å². The Hall–Kier alpha value is -3.06. The highest BCUT2D eigenvalue weighted by Gasteiger charge is 2.23. The number of hydrogen-bond acceptors (Lipinski definition) is 5. The zero-order chi connectivity index (χ0) is 19.2. The third-order valence-electron chi connectivity index (χ3n) is 3.75. The van der Waals surface area contributed by atoms with E-state index < -0.39 is 5.97 Å². The average Bonchev–Trinajstić information content (AvgIpc) is 2.97. The fraction of sp³-hybridized carbons (Fsp3) is 0.150. The molecule has 0 aliphatic carbocycles. The monoisotopic (exact) mass is 382 g/mol. The van der Waals surface area contributed by atoms with Crippen LogP contribution in [0.15, 0.2) is 58.4 Å². The Kier molecular flexibility index (Phi) is 5.93. The number of ether oxygens (including phenoxy) is 1. The molecule has 138 valence electrons. The van der Waals surface area contributed by atoms with Gasteiger partial charge in [-0.3, -0.25) is 9.59 Å². The van der Waals surface area contributed by atoms with Crippen LogP contribution in [0.1, 0.15) is 17.5 Å². The van der Waals surface area contributed by atoms with Gasteiger partial charge in [-0.25, -0.2) is 4.99 Å². The number of amidine groups is 1. The molecule has 0 aromatic heterocycles. The Labute approximate surface area is 161 Å². The van der Waals surface area contributed by atoms with Gasteiger partial charge in [-0.2, -0.15) is 0 Å². The lowest BCUT2D eigenvalue weighted by molar-refractivity contribution is -0.137. The third-order valence-corrected chi connectivity index (χ3v) is 4.66. The smallest absolute Gasteiger partial charge is 0.306 e. The lowest BCUT2D eigenvalue weighted by Gasteiger charge is -2.04. The standard InChI is InChI=1S/C20H18N2O4S/c1-13-4-2-3-5-16(13)21-20-22-19(25)17(27-20)12-14-6-8-15(9-7-14)26-11-10-18(23)24/h2-9,12H,10-11H2,1H3,(H,23,24)(H,21,22,25)/b17-12+. The highest BCUT2D eigenvalue weighted by Crippen LogP contribution is 2.29. The SMILES string of the molecule is Cc1ccccc1N=C1NC(=O)/C(=C\c2ccc(OCCC(=O)O)cc2)S1. The molecule has 0 bridgehead atoms. The number of carboxylic acids is 1. The van der Waals surface area contributed by atoms with E-state index in [1.807, 2.05) is 43.3 Å². The van der Waals surface area contributed by atoms with Crippen molar-refractivity contribution in [2.75, 3.05) is 6.61 Å².